The summed E-state index contributed by atoms with van der Waals surface area (Å²) in [4.78, 5) is 2.52. The maximum Gasteiger partial charge on any atom is 0.0602 e. The van der Waals surface area contributed by atoms with E-state index in [-0.39, 0.29) is 18.1 Å². The second-order valence-electron chi connectivity index (χ2n) is 6.87. The van der Waals surface area contributed by atoms with Gasteiger partial charge in [-0.05, 0) is 17.0 Å². The van der Waals surface area contributed by atoms with E-state index in [1.807, 2.05) is 0 Å². The van der Waals surface area contributed by atoms with Crippen molar-refractivity contribution in [3.05, 3.63) is 71.8 Å². The lowest BCUT2D eigenvalue weighted by atomic mass is 9.82. The summed E-state index contributed by atoms with van der Waals surface area (Å²) in [7, 11) is 0. The van der Waals surface area contributed by atoms with Gasteiger partial charge in [0.15, 0.2) is 0 Å². The maximum absolute atomic E-state index is 9.81. The van der Waals surface area contributed by atoms with Gasteiger partial charge in [-0.1, -0.05) is 74.5 Å². The van der Waals surface area contributed by atoms with Crippen LogP contribution < -0.4 is 0 Å². The fourth-order valence-corrected chi connectivity index (χ4v) is 3.54. The van der Waals surface area contributed by atoms with Crippen LogP contribution in [0, 0.1) is 11.3 Å². The maximum atomic E-state index is 9.81. The molecule has 0 radical (unpaired) electrons. The predicted octanol–water partition coefficient (Wildman–Crippen LogP) is 3.73. The number of rotatable bonds is 4. The van der Waals surface area contributed by atoms with E-state index >= 15 is 0 Å². The second-order valence-corrected chi connectivity index (χ2v) is 6.87. The van der Waals surface area contributed by atoms with Gasteiger partial charge in [-0.3, -0.25) is 4.90 Å². The Morgan fingerprint density at radius 1 is 1.05 bits per heavy atom. The molecule has 3 rings (SSSR count). The van der Waals surface area contributed by atoms with Crippen LogP contribution in [0.2, 0.25) is 0 Å². The molecule has 1 aliphatic rings. The van der Waals surface area contributed by atoms with Gasteiger partial charge >= 0.3 is 0 Å². The van der Waals surface area contributed by atoms with Crippen molar-refractivity contribution >= 4 is 0 Å². The van der Waals surface area contributed by atoms with Crippen LogP contribution in [0.3, 0.4) is 0 Å². The monoisotopic (exact) mass is 295 g/mol. The highest BCUT2D eigenvalue weighted by Gasteiger charge is 2.42. The molecule has 0 unspecified atom stereocenters. The lowest BCUT2D eigenvalue weighted by molar-refractivity contribution is 0.114. The van der Waals surface area contributed by atoms with Crippen LogP contribution in [0.25, 0.3) is 0 Å². The highest BCUT2D eigenvalue weighted by atomic mass is 16.3. The third-order valence-corrected chi connectivity index (χ3v) is 5.22. The molecule has 2 nitrogen and oxygen atoms in total. The molecule has 0 bridgehead atoms. The molecule has 2 atom stereocenters. The summed E-state index contributed by atoms with van der Waals surface area (Å²) in [5.41, 5.74) is 2.63. The molecule has 0 saturated carbocycles. The minimum absolute atomic E-state index is 0.0121. The van der Waals surface area contributed by atoms with E-state index in [4.69, 9.17) is 0 Å². The molecular weight excluding hydrogens is 270 g/mol. The molecule has 0 aliphatic carbocycles. The molecule has 1 saturated heterocycles. The number of benzene rings is 2. The molecule has 1 aliphatic heterocycles. The van der Waals surface area contributed by atoms with Gasteiger partial charge in [0.05, 0.1) is 6.04 Å². The summed E-state index contributed by atoms with van der Waals surface area (Å²) in [6.07, 6.45) is 0. The number of aliphatic hydroxyl groups is 1. The van der Waals surface area contributed by atoms with Crippen molar-refractivity contribution in [1.29, 1.82) is 0 Å². The standard InChI is InChI=1S/C20H25NO/c1-16-13-21(14-20(16,2)15-22)19(17-9-5-3-6-10-17)18-11-7-4-8-12-18/h3-12,16,19,22H,13-15H2,1-2H3/t16-,20-/m1/s1. The van der Waals surface area contributed by atoms with Crippen LogP contribution in [0.15, 0.2) is 60.7 Å². The summed E-state index contributed by atoms with van der Waals surface area (Å²) in [6.45, 7) is 6.65. The number of likely N-dealkylation sites (tertiary alicyclic amines) is 1. The van der Waals surface area contributed by atoms with E-state index in [0.717, 1.165) is 13.1 Å². The Labute approximate surface area is 133 Å². The Morgan fingerprint density at radius 2 is 1.55 bits per heavy atom. The van der Waals surface area contributed by atoms with E-state index in [9.17, 15) is 5.11 Å². The van der Waals surface area contributed by atoms with Crippen LogP contribution in [-0.4, -0.2) is 29.7 Å². The Balaban J connectivity index is 1.97. The first-order valence-electron chi connectivity index (χ1n) is 8.09. The van der Waals surface area contributed by atoms with Gasteiger partial charge in [0, 0.05) is 25.1 Å². The highest BCUT2D eigenvalue weighted by molar-refractivity contribution is 5.32. The van der Waals surface area contributed by atoms with Crippen LogP contribution in [-0.2, 0) is 0 Å². The Morgan fingerprint density at radius 3 is 1.95 bits per heavy atom. The van der Waals surface area contributed by atoms with Crippen LogP contribution in [0.5, 0.6) is 0 Å². The number of hydrogen-bond acceptors (Lipinski definition) is 2. The van der Waals surface area contributed by atoms with Crippen LogP contribution >= 0.6 is 0 Å². The average molecular weight is 295 g/mol. The molecule has 22 heavy (non-hydrogen) atoms. The van der Waals surface area contributed by atoms with E-state index in [0.29, 0.717) is 5.92 Å². The molecule has 1 fully saturated rings. The van der Waals surface area contributed by atoms with Crippen molar-refractivity contribution in [1.82, 2.24) is 4.90 Å². The Hall–Kier alpha value is -1.64. The van der Waals surface area contributed by atoms with Crippen molar-refractivity contribution in [2.24, 2.45) is 11.3 Å². The average Bonchev–Trinajstić information content (AvgIpc) is 2.85. The first kappa shape index (κ1) is 15.3. The largest absolute Gasteiger partial charge is 0.396 e. The minimum atomic E-state index is -0.0121. The second kappa shape index (κ2) is 6.23. The smallest absolute Gasteiger partial charge is 0.0602 e. The Kier molecular flexibility index (Phi) is 4.32. The molecule has 2 aromatic carbocycles. The van der Waals surface area contributed by atoms with Crippen molar-refractivity contribution in [3.8, 4) is 0 Å². The van der Waals surface area contributed by atoms with E-state index < -0.39 is 0 Å². The minimum Gasteiger partial charge on any atom is -0.396 e. The van der Waals surface area contributed by atoms with Crippen molar-refractivity contribution < 1.29 is 5.11 Å². The lowest BCUT2D eigenvalue weighted by Gasteiger charge is -2.30. The predicted molar refractivity (Wildman–Crippen MR) is 90.7 cm³/mol. The molecule has 0 amide bonds. The molecule has 0 aromatic heterocycles. The molecule has 1 heterocycles. The zero-order chi connectivity index (χ0) is 15.6. The number of aliphatic hydroxyl groups excluding tert-OH is 1. The first-order chi connectivity index (χ1) is 10.6. The molecule has 2 heteroatoms. The summed E-state index contributed by atoms with van der Waals surface area (Å²) in [6, 6.07) is 21.6. The molecule has 2 aromatic rings. The topological polar surface area (TPSA) is 23.5 Å². The third kappa shape index (κ3) is 2.81. The molecule has 116 valence electrons. The van der Waals surface area contributed by atoms with E-state index in [1.165, 1.54) is 11.1 Å². The van der Waals surface area contributed by atoms with Crippen molar-refractivity contribution in [2.45, 2.75) is 19.9 Å². The zero-order valence-electron chi connectivity index (χ0n) is 13.4. The van der Waals surface area contributed by atoms with Gasteiger partial charge in [0.1, 0.15) is 0 Å². The fourth-order valence-electron chi connectivity index (χ4n) is 3.54. The normalized spacial score (nSPS) is 25.7. The van der Waals surface area contributed by atoms with Crippen molar-refractivity contribution in [2.75, 3.05) is 19.7 Å². The van der Waals surface area contributed by atoms with Crippen molar-refractivity contribution in [3.63, 3.8) is 0 Å². The fraction of sp³-hybridized carbons (Fsp3) is 0.400. The molecule has 0 spiro atoms. The van der Waals surface area contributed by atoms with Gasteiger partial charge in [-0.15, -0.1) is 0 Å². The molecule has 1 N–H and O–H groups in total. The van der Waals surface area contributed by atoms with Gasteiger partial charge in [0.25, 0.3) is 0 Å². The summed E-state index contributed by atoms with van der Waals surface area (Å²) < 4.78 is 0. The van der Waals surface area contributed by atoms with Crippen LogP contribution in [0.1, 0.15) is 31.0 Å². The highest BCUT2D eigenvalue weighted by Crippen LogP contribution is 2.41. The van der Waals surface area contributed by atoms with Gasteiger partial charge < -0.3 is 5.11 Å². The summed E-state index contributed by atoms with van der Waals surface area (Å²) in [5, 5.41) is 9.81. The van der Waals surface area contributed by atoms with E-state index in [2.05, 4.69) is 79.4 Å². The van der Waals surface area contributed by atoms with Gasteiger partial charge in [-0.2, -0.15) is 0 Å². The molecular formula is C20H25NO. The summed E-state index contributed by atoms with van der Waals surface area (Å²) >= 11 is 0. The SMILES string of the molecule is C[C@@H]1CN(C(c2ccccc2)c2ccccc2)C[C@]1(C)CO. The first-order valence-corrected chi connectivity index (χ1v) is 8.09. The van der Waals surface area contributed by atoms with Crippen LogP contribution in [0.4, 0.5) is 0 Å². The quantitative estimate of drug-likeness (QED) is 0.929. The number of nitrogens with zero attached hydrogens (tertiary/aromatic N) is 1. The number of hydrogen-bond donors (Lipinski definition) is 1. The zero-order valence-corrected chi connectivity index (χ0v) is 13.4. The third-order valence-electron chi connectivity index (χ3n) is 5.22. The lowest BCUT2D eigenvalue weighted by Crippen LogP contribution is -2.32. The summed E-state index contributed by atoms with van der Waals surface area (Å²) in [5.74, 6) is 0.493. The Bertz CT molecular complexity index is 558. The van der Waals surface area contributed by atoms with Gasteiger partial charge in [0.2, 0.25) is 0 Å². The van der Waals surface area contributed by atoms with E-state index in [1.54, 1.807) is 0 Å². The van der Waals surface area contributed by atoms with Gasteiger partial charge in [-0.25, -0.2) is 0 Å².